The zero-order valence-electron chi connectivity index (χ0n) is 10.5. The van der Waals surface area contributed by atoms with Crippen LogP contribution in [-0.4, -0.2) is 29.1 Å². The Kier molecular flexibility index (Phi) is 4.93. The van der Waals surface area contributed by atoms with E-state index in [0.717, 1.165) is 12.8 Å². The van der Waals surface area contributed by atoms with Gasteiger partial charge in [0.2, 0.25) is 11.8 Å². The van der Waals surface area contributed by atoms with Crippen molar-refractivity contribution in [1.29, 1.82) is 0 Å². The van der Waals surface area contributed by atoms with Crippen LogP contribution >= 0.6 is 0 Å². The number of nitrogens with one attached hydrogen (secondary N) is 1. The summed E-state index contributed by atoms with van der Waals surface area (Å²) in [7, 11) is 0. The van der Waals surface area contributed by atoms with Crippen LogP contribution in [0.25, 0.3) is 0 Å². The van der Waals surface area contributed by atoms with E-state index < -0.39 is 24.0 Å². The molecule has 5 heteroatoms. The Hall–Kier alpha value is -1.10. The van der Waals surface area contributed by atoms with Crippen LogP contribution in [0.3, 0.4) is 0 Å². The van der Waals surface area contributed by atoms with Gasteiger partial charge < -0.3 is 16.2 Å². The zero-order valence-corrected chi connectivity index (χ0v) is 10.5. The molecule has 0 aromatic heterocycles. The Morgan fingerprint density at radius 3 is 2.41 bits per heavy atom. The molecular formula is C12H22N2O3. The molecule has 2 amide bonds. The average molecular weight is 242 g/mol. The van der Waals surface area contributed by atoms with Crippen molar-refractivity contribution in [3.8, 4) is 0 Å². The maximum Gasteiger partial charge on any atom is 0.249 e. The van der Waals surface area contributed by atoms with Gasteiger partial charge in [-0.05, 0) is 24.7 Å². The van der Waals surface area contributed by atoms with Crippen molar-refractivity contribution in [2.45, 2.75) is 51.7 Å². The number of carbonyl (C=O) groups excluding carboxylic acids is 2. The molecule has 0 aliphatic heterocycles. The highest BCUT2D eigenvalue weighted by atomic mass is 16.3. The number of nitrogens with two attached hydrogens (primary N) is 1. The van der Waals surface area contributed by atoms with Crippen LogP contribution in [0.4, 0.5) is 0 Å². The molecule has 2 atom stereocenters. The molecule has 0 spiro atoms. The summed E-state index contributed by atoms with van der Waals surface area (Å²) in [6, 6.07) is -0.642. The van der Waals surface area contributed by atoms with Gasteiger partial charge in [0, 0.05) is 0 Å². The third kappa shape index (κ3) is 5.17. The molecule has 1 rings (SSSR count). The third-order valence-corrected chi connectivity index (χ3v) is 2.92. The van der Waals surface area contributed by atoms with E-state index in [1.165, 1.54) is 0 Å². The van der Waals surface area contributed by atoms with Crippen LogP contribution in [-0.2, 0) is 9.59 Å². The second-order valence-corrected chi connectivity index (χ2v) is 5.29. The molecule has 0 unspecified atom stereocenters. The van der Waals surface area contributed by atoms with Crippen LogP contribution in [0.5, 0.6) is 0 Å². The largest absolute Gasteiger partial charge is 0.383 e. The van der Waals surface area contributed by atoms with E-state index in [1.54, 1.807) is 0 Å². The fraction of sp³-hybridized carbons (Fsp3) is 0.833. The second kappa shape index (κ2) is 6.00. The van der Waals surface area contributed by atoms with Gasteiger partial charge in [0.1, 0.15) is 12.1 Å². The first-order valence-electron chi connectivity index (χ1n) is 6.18. The van der Waals surface area contributed by atoms with Gasteiger partial charge in [-0.2, -0.15) is 0 Å². The summed E-state index contributed by atoms with van der Waals surface area (Å²) in [5.41, 5.74) is 5.23. The molecule has 1 aliphatic rings. The van der Waals surface area contributed by atoms with Crippen molar-refractivity contribution < 1.29 is 14.7 Å². The lowest BCUT2D eigenvalue weighted by atomic mass is 10.0. The highest BCUT2D eigenvalue weighted by molar-refractivity contribution is 5.88. The number of rotatable bonds is 7. The van der Waals surface area contributed by atoms with Gasteiger partial charge in [0.25, 0.3) is 0 Å². The van der Waals surface area contributed by atoms with Crippen LogP contribution in [0.2, 0.25) is 0 Å². The molecule has 1 aliphatic carbocycles. The van der Waals surface area contributed by atoms with Gasteiger partial charge in [-0.3, -0.25) is 9.59 Å². The Balaban J connectivity index is 2.41. The van der Waals surface area contributed by atoms with Crippen molar-refractivity contribution in [1.82, 2.24) is 5.32 Å². The van der Waals surface area contributed by atoms with Gasteiger partial charge in [0.05, 0.1) is 0 Å². The molecule has 1 saturated carbocycles. The number of aliphatic hydroxyl groups excluding tert-OH is 1. The molecule has 0 aromatic carbocycles. The quantitative estimate of drug-likeness (QED) is 0.594. The lowest BCUT2D eigenvalue weighted by Gasteiger charge is -2.18. The fourth-order valence-corrected chi connectivity index (χ4v) is 1.75. The second-order valence-electron chi connectivity index (χ2n) is 5.29. The molecule has 4 N–H and O–H groups in total. The fourth-order valence-electron chi connectivity index (χ4n) is 1.75. The summed E-state index contributed by atoms with van der Waals surface area (Å²) in [6.45, 7) is 3.85. The van der Waals surface area contributed by atoms with Crippen molar-refractivity contribution >= 4 is 11.8 Å². The minimum atomic E-state index is -1.06. The van der Waals surface area contributed by atoms with E-state index in [1.807, 2.05) is 13.8 Å². The van der Waals surface area contributed by atoms with Crippen molar-refractivity contribution in [3.05, 3.63) is 0 Å². The number of amides is 2. The first-order chi connectivity index (χ1) is 7.90. The molecule has 98 valence electrons. The van der Waals surface area contributed by atoms with E-state index in [4.69, 9.17) is 5.73 Å². The van der Waals surface area contributed by atoms with Gasteiger partial charge in [-0.25, -0.2) is 0 Å². The number of carbonyl (C=O) groups is 2. The van der Waals surface area contributed by atoms with E-state index >= 15 is 0 Å². The molecule has 0 aromatic rings. The number of primary amides is 1. The summed E-state index contributed by atoms with van der Waals surface area (Å²) in [5.74, 6) is -0.300. The summed E-state index contributed by atoms with van der Waals surface area (Å²) < 4.78 is 0. The molecule has 17 heavy (non-hydrogen) atoms. The topological polar surface area (TPSA) is 92.4 Å². The monoisotopic (exact) mass is 242 g/mol. The van der Waals surface area contributed by atoms with Gasteiger partial charge >= 0.3 is 0 Å². The smallest absolute Gasteiger partial charge is 0.249 e. The number of hydrogen-bond acceptors (Lipinski definition) is 3. The minimum absolute atomic E-state index is 0.228. The predicted octanol–water partition coefficient (Wildman–Crippen LogP) is 0.164. The summed E-state index contributed by atoms with van der Waals surface area (Å²) in [5, 5.41) is 12.1. The van der Waals surface area contributed by atoms with Crippen LogP contribution < -0.4 is 11.1 Å². The highest BCUT2D eigenvalue weighted by Gasteiger charge is 2.30. The average Bonchev–Trinajstić information content (AvgIpc) is 2.99. The van der Waals surface area contributed by atoms with Crippen LogP contribution in [0.15, 0.2) is 0 Å². The summed E-state index contributed by atoms with van der Waals surface area (Å²) >= 11 is 0. The van der Waals surface area contributed by atoms with Gasteiger partial charge in [0.15, 0.2) is 0 Å². The highest BCUT2D eigenvalue weighted by Crippen LogP contribution is 2.33. The molecule has 0 radical (unpaired) electrons. The molecule has 0 saturated heterocycles. The first kappa shape index (κ1) is 14.0. The standard InChI is InChI=1S/C12H22N2O3/c1-7(2)5-10(15)12(17)14-9(11(13)16)6-8-3-4-8/h7-10,15H,3-6H2,1-2H3,(H2,13,16)(H,14,17)/t9-,10+/m0/s1. The van der Waals surface area contributed by atoms with Gasteiger partial charge in [-0.1, -0.05) is 26.7 Å². The minimum Gasteiger partial charge on any atom is -0.383 e. The molecular weight excluding hydrogens is 220 g/mol. The number of aliphatic hydroxyl groups is 1. The van der Waals surface area contributed by atoms with E-state index in [2.05, 4.69) is 5.32 Å². The first-order valence-corrected chi connectivity index (χ1v) is 6.18. The lowest BCUT2D eigenvalue weighted by molar-refractivity contribution is -0.133. The van der Waals surface area contributed by atoms with Crippen molar-refractivity contribution in [3.63, 3.8) is 0 Å². The summed E-state index contributed by atoms with van der Waals surface area (Å²) in [6.07, 6.45) is 2.11. The number of hydrogen-bond donors (Lipinski definition) is 3. The predicted molar refractivity (Wildman–Crippen MR) is 63.9 cm³/mol. The normalized spacial score (nSPS) is 18.8. The Morgan fingerprint density at radius 1 is 1.41 bits per heavy atom. The SMILES string of the molecule is CC(C)C[C@@H](O)C(=O)N[C@@H](CC1CC1)C(N)=O. The molecule has 5 nitrogen and oxygen atoms in total. The summed E-state index contributed by atoms with van der Waals surface area (Å²) in [4.78, 5) is 22.8. The molecule has 0 bridgehead atoms. The maximum absolute atomic E-state index is 11.6. The lowest BCUT2D eigenvalue weighted by Crippen LogP contribution is -2.48. The zero-order chi connectivity index (χ0) is 13.0. The Bertz CT molecular complexity index is 287. The van der Waals surface area contributed by atoms with Crippen LogP contribution in [0.1, 0.15) is 39.5 Å². The molecule has 1 fully saturated rings. The molecule has 0 heterocycles. The maximum atomic E-state index is 11.6. The van der Waals surface area contributed by atoms with Crippen LogP contribution in [0, 0.1) is 11.8 Å². The van der Waals surface area contributed by atoms with Gasteiger partial charge in [-0.15, -0.1) is 0 Å². The van der Waals surface area contributed by atoms with Crippen molar-refractivity contribution in [2.24, 2.45) is 17.6 Å². The van der Waals surface area contributed by atoms with Crippen molar-refractivity contribution in [2.75, 3.05) is 0 Å². The third-order valence-electron chi connectivity index (χ3n) is 2.92. The Morgan fingerprint density at radius 2 is 2.00 bits per heavy atom. The van der Waals surface area contributed by atoms with E-state index in [0.29, 0.717) is 18.8 Å². The van der Waals surface area contributed by atoms with E-state index in [9.17, 15) is 14.7 Å². The van der Waals surface area contributed by atoms with E-state index in [-0.39, 0.29) is 5.92 Å². The Labute approximate surface area is 102 Å².